The van der Waals surface area contributed by atoms with Crippen LogP contribution in [-0.4, -0.2) is 50.9 Å². The molecule has 0 saturated heterocycles. The maximum atomic E-state index is 11.8. The second kappa shape index (κ2) is 18.2. The molecule has 35 heavy (non-hydrogen) atoms. The molecule has 0 amide bonds. The lowest BCUT2D eigenvalue weighted by Gasteiger charge is -2.36. The molecule has 0 unspecified atom stereocenters. The van der Waals surface area contributed by atoms with E-state index in [4.69, 9.17) is 18.9 Å². The summed E-state index contributed by atoms with van der Waals surface area (Å²) in [6.45, 7) is 21.4. The lowest BCUT2D eigenvalue weighted by atomic mass is 9.75. The van der Waals surface area contributed by atoms with Crippen molar-refractivity contribution in [3.8, 4) is 0 Å². The van der Waals surface area contributed by atoms with Crippen LogP contribution in [0.2, 0.25) is 0 Å². The number of hydrogen-bond acceptors (Lipinski definition) is 7. The molecule has 0 fully saturated rings. The Morgan fingerprint density at radius 1 is 0.514 bits per heavy atom. The lowest BCUT2D eigenvalue weighted by Crippen LogP contribution is -2.44. The molecule has 0 bridgehead atoms. The van der Waals surface area contributed by atoms with Gasteiger partial charge in [0.1, 0.15) is 19.8 Å². The average molecular weight is 489 g/mol. The summed E-state index contributed by atoms with van der Waals surface area (Å²) in [5.74, 6) is -2.01. The standard InChI is InChI=1S/C28H40O7/c1-7-13-16-27(17-14-8-2,18-15-9-3)19-32-20-28(21-33-24(29)10-4,22-34-25(30)11-5)23-35-26(31)12-6/h7-12H,1-6,13-23H2. The summed E-state index contributed by atoms with van der Waals surface area (Å²) in [6.07, 6.45) is 13.7. The number of rotatable bonds is 22. The maximum absolute atomic E-state index is 11.8. The number of esters is 3. The van der Waals surface area contributed by atoms with Crippen molar-refractivity contribution in [2.45, 2.75) is 38.5 Å². The number of carbonyl (C=O) groups excluding carboxylic acids is 3. The molecule has 0 heterocycles. The molecule has 0 radical (unpaired) electrons. The van der Waals surface area contributed by atoms with Gasteiger partial charge in [0.25, 0.3) is 0 Å². The van der Waals surface area contributed by atoms with Gasteiger partial charge in [-0.1, -0.05) is 38.0 Å². The summed E-state index contributed by atoms with van der Waals surface area (Å²) in [4.78, 5) is 35.3. The van der Waals surface area contributed by atoms with Crippen LogP contribution in [0.1, 0.15) is 38.5 Å². The Bertz CT molecular complexity index is 659. The zero-order valence-electron chi connectivity index (χ0n) is 20.8. The van der Waals surface area contributed by atoms with E-state index in [2.05, 4.69) is 39.5 Å². The number of hydrogen-bond donors (Lipinski definition) is 0. The van der Waals surface area contributed by atoms with Crippen molar-refractivity contribution in [2.24, 2.45) is 10.8 Å². The quantitative estimate of drug-likeness (QED) is 0.0911. The highest BCUT2D eigenvalue weighted by atomic mass is 16.6. The van der Waals surface area contributed by atoms with Gasteiger partial charge in [-0.15, -0.1) is 19.7 Å². The fraction of sp³-hybridized carbons (Fsp3) is 0.464. The molecule has 194 valence electrons. The van der Waals surface area contributed by atoms with E-state index in [0.717, 1.165) is 56.8 Å². The first kappa shape index (κ1) is 31.8. The van der Waals surface area contributed by atoms with Crippen LogP contribution in [0, 0.1) is 10.8 Å². The van der Waals surface area contributed by atoms with Crippen LogP contribution in [0.5, 0.6) is 0 Å². The van der Waals surface area contributed by atoms with Gasteiger partial charge in [0.05, 0.1) is 18.6 Å². The normalized spacial score (nSPS) is 11.0. The average Bonchev–Trinajstić information content (AvgIpc) is 2.88. The summed E-state index contributed by atoms with van der Waals surface area (Å²) >= 11 is 0. The van der Waals surface area contributed by atoms with Crippen molar-refractivity contribution >= 4 is 17.9 Å². The minimum atomic E-state index is -1.16. The smallest absolute Gasteiger partial charge is 0.330 e. The largest absolute Gasteiger partial charge is 0.462 e. The predicted octanol–water partition coefficient (Wildman–Crippen LogP) is 5.06. The summed E-state index contributed by atoms with van der Waals surface area (Å²) < 4.78 is 22.0. The Balaban J connectivity index is 5.87. The molecule has 0 aliphatic rings. The fourth-order valence-corrected chi connectivity index (χ4v) is 3.40. The molecule has 7 nitrogen and oxygen atoms in total. The Kier molecular flexibility index (Phi) is 16.5. The van der Waals surface area contributed by atoms with Gasteiger partial charge in [-0.25, -0.2) is 14.4 Å². The van der Waals surface area contributed by atoms with E-state index in [1.165, 1.54) is 0 Å². The minimum Gasteiger partial charge on any atom is -0.462 e. The van der Waals surface area contributed by atoms with Gasteiger partial charge in [-0.3, -0.25) is 0 Å². The number of ether oxygens (including phenoxy) is 4. The predicted molar refractivity (Wildman–Crippen MR) is 137 cm³/mol. The van der Waals surface area contributed by atoms with Crippen LogP contribution >= 0.6 is 0 Å². The van der Waals surface area contributed by atoms with Crippen LogP contribution in [0.15, 0.2) is 75.9 Å². The summed E-state index contributed by atoms with van der Waals surface area (Å²) in [6, 6.07) is 0. The first-order valence-corrected chi connectivity index (χ1v) is 11.5. The van der Waals surface area contributed by atoms with Crippen molar-refractivity contribution in [3.63, 3.8) is 0 Å². The van der Waals surface area contributed by atoms with Gasteiger partial charge < -0.3 is 18.9 Å². The van der Waals surface area contributed by atoms with E-state index in [1.54, 1.807) is 0 Å². The van der Waals surface area contributed by atoms with Crippen molar-refractivity contribution in [1.29, 1.82) is 0 Å². The van der Waals surface area contributed by atoms with Crippen LogP contribution in [0.25, 0.3) is 0 Å². The third-order valence-electron chi connectivity index (χ3n) is 5.51. The highest BCUT2D eigenvalue weighted by molar-refractivity contribution is 5.82. The van der Waals surface area contributed by atoms with Crippen LogP contribution in [-0.2, 0) is 33.3 Å². The first-order valence-electron chi connectivity index (χ1n) is 11.5. The molecule has 0 aromatic carbocycles. The number of carbonyl (C=O) groups is 3. The second-order valence-corrected chi connectivity index (χ2v) is 8.41. The summed E-state index contributed by atoms with van der Waals surface area (Å²) in [7, 11) is 0. The van der Waals surface area contributed by atoms with E-state index in [0.29, 0.717) is 6.61 Å². The molecule has 7 heteroatoms. The molecule has 0 N–H and O–H groups in total. The third kappa shape index (κ3) is 13.3. The van der Waals surface area contributed by atoms with Gasteiger partial charge in [0, 0.05) is 18.2 Å². The van der Waals surface area contributed by atoms with E-state index >= 15 is 0 Å². The van der Waals surface area contributed by atoms with Gasteiger partial charge in [0.2, 0.25) is 0 Å². The van der Waals surface area contributed by atoms with E-state index in [1.807, 2.05) is 18.2 Å². The highest BCUT2D eigenvalue weighted by Crippen LogP contribution is 2.37. The van der Waals surface area contributed by atoms with Crippen LogP contribution in [0.4, 0.5) is 0 Å². The number of allylic oxidation sites excluding steroid dienone is 3. The Morgan fingerprint density at radius 3 is 1.11 bits per heavy atom. The van der Waals surface area contributed by atoms with Gasteiger partial charge >= 0.3 is 17.9 Å². The zero-order valence-corrected chi connectivity index (χ0v) is 20.8. The first-order chi connectivity index (χ1) is 16.8. The van der Waals surface area contributed by atoms with E-state index in [-0.39, 0.29) is 31.8 Å². The monoisotopic (exact) mass is 488 g/mol. The third-order valence-corrected chi connectivity index (χ3v) is 5.51. The molecule has 0 aromatic rings. The Morgan fingerprint density at radius 2 is 0.829 bits per heavy atom. The molecule has 0 atom stereocenters. The molecule has 0 aliphatic carbocycles. The zero-order chi connectivity index (χ0) is 26.6. The van der Waals surface area contributed by atoms with Crippen LogP contribution < -0.4 is 0 Å². The van der Waals surface area contributed by atoms with Crippen molar-refractivity contribution in [3.05, 3.63) is 75.9 Å². The van der Waals surface area contributed by atoms with Crippen LogP contribution in [0.3, 0.4) is 0 Å². The minimum absolute atomic E-state index is 0.00964. The summed E-state index contributed by atoms with van der Waals surface area (Å²) in [5.41, 5.74) is -1.33. The van der Waals surface area contributed by atoms with Crippen molar-refractivity contribution in [2.75, 3.05) is 33.0 Å². The molecule has 0 aromatic heterocycles. The van der Waals surface area contributed by atoms with Gasteiger partial charge in [-0.05, 0) is 43.9 Å². The molecule has 0 spiro atoms. The molecule has 0 saturated carbocycles. The maximum Gasteiger partial charge on any atom is 0.330 e. The molecule has 0 rings (SSSR count). The molecule has 0 aliphatic heterocycles. The van der Waals surface area contributed by atoms with Gasteiger partial charge in [0.15, 0.2) is 0 Å². The van der Waals surface area contributed by atoms with E-state index in [9.17, 15) is 14.4 Å². The lowest BCUT2D eigenvalue weighted by molar-refractivity contribution is -0.162. The van der Waals surface area contributed by atoms with Gasteiger partial charge in [-0.2, -0.15) is 0 Å². The Labute approximate surface area is 209 Å². The SMILES string of the molecule is C=CCCC(CCC=C)(CCC=C)COCC(COC(=O)C=C)(COC(=O)C=C)COC(=O)C=C. The van der Waals surface area contributed by atoms with Crippen molar-refractivity contribution < 1.29 is 33.3 Å². The highest BCUT2D eigenvalue weighted by Gasteiger charge is 2.38. The summed E-state index contributed by atoms with van der Waals surface area (Å²) in [5, 5.41) is 0. The molecular weight excluding hydrogens is 448 g/mol. The Hall–Kier alpha value is -3.19. The molecular formula is C28H40O7. The topological polar surface area (TPSA) is 88.1 Å². The fourth-order valence-electron chi connectivity index (χ4n) is 3.40. The second-order valence-electron chi connectivity index (χ2n) is 8.41. The van der Waals surface area contributed by atoms with Crippen molar-refractivity contribution in [1.82, 2.24) is 0 Å². The van der Waals surface area contributed by atoms with E-state index < -0.39 is 23.3 Å².